The van der Waals surface area contributed by atoms with Gasteiger partial charge < -0.3 is 32.3 Å². The Morgan fingerprint density at radius 3 is 1.64 bits per heavy atom. The van der Waals surface area contributed by atoms with Gasteiger partial charge in [-0.1, -0.05) is 62.3 Å². The SMILES string of the molecule is CC[Si](CC)(CC)O[C@@H]1[C@H](O[Si](CC)(CC)CC)[C@H]([C@H](C=O)O[Si](CC)(CC)CC)O[C@H]2CC[C@H](CC(=O)OC)O[C@H]12. The van der Waals surface area contributed by atoms with E-state index in [4.69, 9.17) is 27.5 Å². The molecule has 246 valence electrons. The van der Waals surface area contributed by atoms with Crippen LogP contribution in [0.3, 0.4) is 0 Å². The van der Waals surface area contributed by atoms with Gasteiger partial charge >= 0.3 is 5.97 Å². The Morgan fingerprint density at radius 2 is 1.21 bits per heavy atom. The van der Waals surface area contributed by atoms with Gasteiger partial charge in [0, 0.05) is 0 Å². The van der Waals surface area contributed by atoms with Gasteiger partial charge in [0.05, 0.1) is 25.7 Å². The quantitative estimate of drug-likeness (QED) is 0.0825. The van der Waals surface area contributed by atoms with Gasteiger partial charge in [-0.25, -0.2) is 0 Å². The predicted molar refractivity (Wildman–Crippen MR) is 175 cm³/mol. The van der Waals surface area contributed by atoms with Crippen molar-refractivity contribution in [3.05, 3.63) is 0 Å². The molecule has 2 saturated heterocycles. The number of aldehydes is 1. The molecule has 0 saturated carbocycles. The van der Waals surface area contributed by atoms with Crippen molar-refractivity contribution in [2.24, 2.45) is 0 Å². The van der Waals surface area contributed by atoms with E-state index in [2.05, 4.69) is 62.3 Å². The molecule has 0 aromatic carbocycles. The van der Waals surface area contributed by atoms with E-state index < -0.39 is 49.4 Å². The van der Waals surface area contributed by atoms with E-state index in [0.717, 1.165) is 67.1 Å². The lowest BCUT2D eigenvalue weighted by Crippen LogP contribution is -2.69. The van der Waals surface area contributed by atoms with Crippen LogP contribution in [0.1, 0.15) is 81.6 Å². The van der Waals surface area contributed by atoms with E-state index in [1.807, 2.05) is 0 Å². The summed E-state index contributed by atoms with van der Waals surface area (Å²) in [7, 11) is -5.04. The smallest absolute Gasteiger partial charge is 0.308 e. The van der Waals surface area contributed by atoms with Crippen LogP contribution in [0.4, 0.5) is 0 Å². The Bertz CT molecular complexity index is 793. The molecule has 7 atom stereocenters. The Kier molecular flexibility index (Phi) is 15.6. The first kappa shape index (κ1) is 37.8. The highest BCUT2D eigenvalue weighted by molar-refractivity contribution is 6.74. The van der Waals surface area contributed by atoms with Crippen molar-refractivity contribution < 1.29 is 37.1 Å². The van der Waals surface area contributed by atoms with Gasteiger partial charge in [0.1, 0.15) is 36.8 Å². The van der Waals surface area contributed by atoms with Crippen LogP contribution in [0, 0.1) is 0 Å². The third kappa shape index (κ3) is 8.64. The monoisotopic (exact) mass is 646 g/mol. The first-order valence-corrected chi connectivity index (χ1v) is 24.5. The fraction of sp³-hybridized carbons (Fsp3) is 0.935. The minimum atomic E-state index is -2.18. The minimum absolute atomic E-state index is 0.203. The summed E-state index contributed by atoms with van der Waals surface area (Å²) in [6.45, 7) is 19.9. The van der Waals surface area contributed by atoms with E-state index in [0.29, 0.717) is 6.42 Å². The van der Waals surface area contributed by atoms with Crippen LogP contribution in [0.15, 0.2) is 0 Å². The molecule has 0 aliphatic carbocycles. The molecule has 42 heavy (non-hydrogen) atoms. The van der Waals surface area contributed by atoms with Crippen LogP contribution in [0.2, 0.25) is 54.4 Å². The molecule has 2 rings (SSSR count). The molecule has 0 aromatic heterocycles. The van der Waals surface area contributed by atoms with Crippen LogP contribution in [-0.4, -0.2) is 87.0 Å². The van der Waals surface area contributed by atoms with Gasteiger partial charge in [-0.3, -0.25) is 4.79 Å². The van der Waals surface area contributed by atoms with Crippen LogP contribution >= 0.6 is 0 Å². The second kappa shape index (κ2) is 17.3. The number of fused-ring (bicyclic) bond motifs is 1. The summed E-state index contributed by atoms with van der Waals surface area (Å²) in [5.74, 6) is -0.276. The van der Waals surface area contributed by atoms with E-state index in [9.17, 15) is 9.59 Å². The molecular formula is C31H62O8Si3. The maximum Gasteiger partial charge on any atom is 0.308 e. The summed E-state index contributed by atoms with van der Waals surface area (Å²) in [5, 5.41) is 0. The highest BCUT2D eigenvalue weighted by atomic mass is 28.4. The van der Waals surface area contributed by atoms with E-state index in [1.165, 1.54) is 7.11 Å². The fourth-order valence-electron chi connectivity index (χ4n) is 6.97. The second-order valence-electron chi connectivity index (χ2n) is 12.3. The molecule has 0 bridgehead atoms. The molecule has 2 aliphatic rings. The van der Waals surface area contributed by atoms with Gasteiger partial charge in [-0.15, -0.1) is 0 Å². The molecule has 8 nitrogen and oxygen atoms in total. The van der Waals surface area contributed by atoms with Gasteiger partial charge in [-0.05, 0) is 67.2 Å². The van der Waals surface area contributed by atoms with Crippen molar-refractivity contribution in [3.63, 3.8) is 0 Å². The number of carbonyl (C=O) groups excluding carboxylic acids is 2. The largest absolute Gasteiger partial charge is 0.469 e. The fourth-order valence-corrected chi connectivity index (χ4v) is 15.4. The number of esters is 1. The molecule has 2 heterocycles. The summed E-state index contributed by atoms with van der Waals surface area (Å²) in [6, 6.07) is 8.71. The number of ether oxygens (including phenoxy) is 3. The third-order valence-electron chi connectivity index (χ3n) is 10.8. The highest BCUT2D eigenvalue weighted by Crippen LogP contribution is 2.42. The molecule has 0 radical (unpaired) electrons. The highest BCUT2D eigenvalue weighted by Gasteiger charge is 2.56. The first-order valence-electron chi connectivity index (χ1n) is 16.9. The van der Waals surface area contributed by atoms with Crippen molar-refractivity contribution in [2.45, 2.75) is 179 Å². The van der Waals surface area contributed by atoms with Crippen molar-refractivity contribution >= 4 is 37.2 Å². The van der Waals surface area contributed by atoms with Gasteiger partial charge in [0.15, 0.2) is 25.0 Å². The Morgan fingerprint density at radius 1 is 0.738 bits per heavy atom. The first-order chi connectivity index (χ1) is 20.1. The van der Waals surface area contributed by atoms with E-state index in [1.54, 1.807) is 0 Å². The van der Waals surface area contributed by atoms with Crippen LogP contribution in [0.25, 0.3) is 0 Å². The zero-order valence-corrected chi connectivity index (χ0v) is 31.4. The molecule has 0 spiro atoms. The zero-order valence-electron chi connectivity index (χ0n) is 28.4. The molecule has 11 heteroatoms. The topological polar surface area (TPSA) is 89.5 Å². The van der Waals surface area contributed by atoms with Crippen LogP contribution in [0.5, 0.6) is 0 Å². The number of rotatable bonds is 19. The summed E-state index contributed by atoms with van der Waals surface area (Å²) in [6.07, 6.45) is -0.536. The van der Waals surface area contributed by atoms with Crippen molar-refractivity contribution in [2.75, 3.05) is 7.11 Å². The van der Waals surface area contributed by atoms with Crippen molar-refractivity contribution in [3.8, 4) is 0 Å². The number of hydrogen-bond donors (Lipinski definition) is 0. The maximum atomic E-state index is 12.9. The molecule has 0 amide bonds. The van der Waals surface area contributed by atoms with E-state index in [-0.39, 0.29) is 30.7 Å². The number of methoxy groups -OCH3 is 1. The molecule has 0 unspecified atom stereocenters. The zero-order chi connectivity index (χ0) is 31.6. The van der Waals surface area contributed by atoms with Crippen LogP contribution in [-0.2, 0) is 37.1 Å². The summed E-state index contributed by atoms with van der Waals surface area (Å²) in [5.41, 5.74) is 0. The Labute approximate surface area is 259 Å². The van der Waals surface area contributed by atoms with Crippen molar-refractivity contribution in [1.82, 2.24) is 0 Å². The molecular weight excluding hydrogens is 585 g/mol. The number of carbonyl (C=O) groups is 2. The van der Waals surface area contributed by atoms with Crippen molar-refractivity contribution in [1.29, 1.82) is 0 Å². The molecule has 0 N–H and O–H groups in total. The Balaban J connectivity index is 2.69. The minimum Gasteiger partial charge on any atom is -0.469 e. The molecule has 2 aliphatic heterocycles. The van der Waals surface area contributed by atoms with E-state index >= 15 is 0 Å². The standard InChI is InChI=1S/C31H62O8Si3/c1-11-40(12-2,13-3)37-26(23-32)29-31(39-42(17-7,18-8)19-9)30(38-41(14-4,15-5)16-6)28-25(36-29)21-20-24(35-28)22-27(33)34-10/h23-26,28-31H,11-22H2,1-10H3/t24-,25+,26+,28+,29+,30+,31-/m1/s1. The normalized spacial score (nSPS) is 27.8. The number of hydrogen-bond acceptors (Lipinski definition) is 8. The second-order valence-corrected chi connectivity index (χ2v) is 26.5. The average molecular weight is 647 g/mol. The summed E-state index contributed by atoms with van der Waals surface area (Å²) >= 11 is 0. The third-order valence-corrected chi connectivity index (χ3v) is 24.7. The molecule has 0 aromatic rings. The summed E-state index contributed by atoms with van der Waals surface area (Å²) in [4.78, 5) is 25.2. The van der Waals surface area contributed by atoms with Gasteiger partial charge in [0.2, 0.25) is 0 Å². The molecule has 2 fully saturated rings. The van der Waals surface area contributed by atoms with Gasteiger partial charge in [0.25, 0.3) is 0 Å². The van der Waals surface area contributed by atoms with Gasteiger partial charge in [-0.2, -0.15) is 0 Å². The summed E-state index contributed by atoms with van der Waals surface area (Å²) < 4.78 is 40.2. The lowest BCUT2D eigenvalue weighted by atomic mass is 9.87. The lowest BCUT2D eigenvalue weighted by molar-refractivity contribution is -0.267. The lowest BCUT2D eigenvalue weighted by Gasteiger charge is -2.54. The van der Waals surface area contributed by atoms with Crippen LogP contribution < -0.4 is 0 Å². The average Bonchev–Trinajstić information content (AvgIpc) is 3.04. The Hall–Kier alpha value is -0.409. The maximum absolute atomic E-state index is 12.9. The predicted octanol–water partition coefficient (Wildman–Crippen LogP) is 7.23.